The number of nitrogens with zero attached hydrogens (tertiary/aromatic N) is 2. The number of rotatable bonds is 7. The van der Waals surface area contributed by atoms with Gasteiger partial charge in [0.25, 0.3) is 11.8 Å². The van der Waals surface area contributed by atoms with Crippen LogP contribution in [0.2, 0.25) is 0 Å². The Morgan fingerprint density at radius 1 is 1.00 bits per heavy atom. The second-order valence-corrected chi connectivity index (χ2v) is 6.59. The summed E-state index contributed by atoms with van der Waals surface area (Å²) in [6.07, 6.45) is 0. The van der Waals surface area contributed by atoms with Crippen LogP contribution in [0, 0.1) is 0 Å². The number of hydrogen-bond acceptors (Lipinski definition) is 5. The molecular weight excluding hydrogens is 336 g/mol. The number of anilines is 2. The molecule has 0 saturated carbocycles. The minimum Gasteiger partial charge on any atom is -0.372 e. The molecule has 0 radical (unpaired) electrons. The predicted molar refractivity (Wildman–Crippen MR) is 103 cm³/mol. The van der Waals surface area contributed by atoms with Gasteiger partial charge in [-0.1, -0.05) is 0 Å². The van der Waals surface area contributed by atoms with Crippen molar-refractivity contribution < 1.29 is 9.59 Å². The molecule has 1 heterocycles. The number of hydrazine groups is 1. The minimum absolute atomic E-state index is 0.229. The van der Waals surface area contributed by atoms with Crippen LogP contribution in [0.1, 0.15) is 34.6 Å². The quantitative estimate of drug-likeness (QED) is 0.745. The summed E-state index contributed by atoms with van der Waals surface area (Å²) in [6, 6.07) is 9.18. The Balaban J connectivity index is 2.10. The Morgan fingerprint density at radius 2 is 1.64 bits per heavy atom. The van der Waals surface area contributed by atoms with Gasteiger partial charge < -0.3 is 10.2 Å². The van der Waals surface area contributed by atoms with E-state index in [-0.39, 0.29) is 11.8 Å². The number of thiophene rings is 1. The topological polar surface area (TPSA) is 64.7 Å². The second-order valence-electron chi connectivity index (χ2n) is 5.67. The van der Waals surface area contributed by atoms with Gasteiger partial charge in [-0.25, -0.2) is 5.01 Å². The molecule has 0 saturated heterocycles. The molecule has 0 bridgehead atoms. The maximum Gasteiger partial charge on any atom is 0.268 e. The summed E-state index contributed by atoms with van der Waals surface area (Å²) in [5.41, 5.74) is 4.77. The summed E-state index contributed by atoms with van der Waals surface area (Å²) < 4.78 is 0. The Labute approximate surface area is 152 Å². The van der Waals surface area contributed by atoms with Crippen molar-refractivity contribution in [1.82, 2.24) is 10.4 Å². The molecule has 2 aromatic rings. The Bertz CT molecular complexity index is 721. The maximum atomic E-state index is 12.5. The highest BCUT2D eigenvalue weighted by molar-refractivity contribution is 7.14. The molecule has 6 nitrogen and oxygen atoms in total. The van der Waals surface area contributed by atoms with Crippen LogP contribution in [0.4, 0.5) is 10.7 Å². The highest BCUT2D eigenvalue weighted by atomic mass is 32.1. The standard InChI is InChI=1S/C18H24N4O2S/c1-5-22(6-2)14-9-7-13(8-10-14)16(23)19-18-15(11-12-25-18)17(24)20-21(3)4/h7-12H,5-6H2,1-4H3,(H,19,23)(H,20,24). The SMILES string of the molecule is CCN(CC)c1ccc(C(=O)Nc2sccc2C(=O)NN(C)C)cc1. The highest BCUT2D eigenvalue weighted by Crippen LogP contribution is 2.24. The van der Waals surface area contributed by atoms with E-state index in [2.05, 4.69) is 29.5 Å². The van der Waals surface area contributed by atoms with Gasteiger partial charge in [-0.05, 0) is 49.6 Å². The van der Waals surface area contributed by atoms with Gasteiger partial charge in [0.1, 0.15) is 5.00 Å². The molecule has 0 aliphatic rings. The summed E-state index contributed by atoms with van der Waals surface area (Å²) in [7, 11) is 3.47. The third-order valence-electron chi connectivity index (χ3n) is 3.72. The first kappa shape index (κ1) is 19.0. The lowest BCUT2D eigenvalue weighted by molar-refractivity contribution is 0.0858. The summed E-state index contributed by atoms with van der Waals surface area (Å²) in [6.45, 7) is 6.03. The Morgan fingerprint density at radius 3 is 2.20 bits per heavy atom. The lowest BCUT2D eigenvalue weighted by Gasteiger charge is -2.21. The molecule has 0 unspecified atom stereocenters. The highest BCUT2D eigenvalue weighted by Gasteiger charge is 2.16. The van der Waals surface area contributed by atoms with Gasteiger partial charge >= 0.3 is 0 Å². The van der Waals surface area contributed by atoms with Crippen LogP contribution in [0.15, 0.2) is 35.7 Å². The molecule has 1 aromatic heterocycles. The zero-order chi connectivity index (χ0) is 18.4. The van der Waals surface area contributed by atoms with E-state index in [0.29, 0.717) is 16.1 Å². The third-order valence-corrected chi connectivity index (χ3v) is 4.55. The van der Waals surface area contributed by atoms with E-state index >= 15 is 0 Å². The lowest BCUT2D eigenvalue weighted by atomic mass is 10.1. The van der Waals surface area contributed by atoms with Crippen molar-refractivity contribution in [2.75, 3.05) is 37.4 Å². The third kappa shape index (κ3) is 4.80. The fourth-order valence-corrected chi connectivity index (χ4v) is 3.22. The largest absolute Gasteiger partial charge is 0.372 e. The fourth-order valence-electron chi connectivity index (χ4n) is 2.44. The molecule has 7 heteroatoms. The fraction of sp³-hybridized carbons (Fsp3) is 0.333. The summed E-state index contributed by atoms with van der Waals surface area (Å²) >= 11 is 1.32. The number of benzene rings is 1. The first-order valence-corrected chi connectivity index (χ1v) is 9.06. The molecule has 2 amide bonds. The van der Waals surface area contributed by atoms with Crippen molar-refractivity contribution in [3.05, 3.63) is 46.8 Å². The van der Waals surface area contributed by atoms with Gasteiger partial charge in [-0.3, -0.25) is 15.0 Å². The molecule has 25 heavy (non-hydrogen) atoms. The van der Waals surface area contributed by atoms with Crippen molar-refractivity contribution in [2.45, 2.75) is 13.8 Å². The predicted octanol–water partition coefficient (Wildman–Crippen LogP) is 3.05. The van der Waals surface area contributed by atoms with E-state index in [9.17, 15) is 9.59 Å². The van der Waals surface area contributed by atoms with Gasteiger partial charge in [0.15, 0.2) is 0 Å². The van der Waals surface area contributed by atoms with Gasteiger partial charge in [0.2, 0.25) is 0 Å². The summed E-state index contributed by atoms with van der Waals surface area (Å²) in [5.74, 6) is -0.481. The zero-order valence-electron chi connectivity index (χ0n) is 15.0. The zero-order valence-corrected chi connectivity index (χ0v) is 15.8. The van der Waals surface area contributed by atoms with E-state index in [4.69, 9.17) is 0 Å². The number of carbonyl (C=O) groups excluding carboxylic acids is 2. The summed E-state index contributed by atoms with van der Waals surface area (Å²) in [5, 5.41) is 6.71. The summed E-state index contributed by atoms with van der Waals surface area (Å²) in [4.78, 5) is 26.8. The first-order valence-electron chi connectivity index (χ1n) is 8.18. The number of carbonyl (C=O) groups is 2. The van der Waals surface area contributed by atoms with E-state index in [1.54, 1.807) is 42.7 Å². The van der Waals surface area contributed by atoms with E-state index in [1.165, 1.54) is 11.3 Å². The van der Waals surface area contributed by atoms with Crippen LogP contribution < -0.4 is 15.6 Å². The molecular formula is C18H24N4O2S. The van der Waals surface area contributed by atoms with Crippen LogP contribution in [0.25, 0.3) is 0 Å². The molecule has 0 fully saturated rings. The second kappa shape index (κ2) is 8.64. The number of nitrogens with one attached hydrogen (secondary N) is 2. The molecule has 0 spiro atoms. The molecule has 134 valence electrons. The van der Waals surface area contributed by atoms with Crippen molar-refractivity contribution in [3.63, 3.8) is 0 Å². The minimum atomic E-state index is -0.251. The Kier molecular flexibility index (Phi) is 6.55. The van der Waals surface area contributed by atoms with Crippen LogP contribution in [-0.4, -0.2) is 44.0 Å². The molecule has 0 aliphatic carbocycles. The van der Waals surface area contributed by atoms with Crippen LogP contribution in [0.3, 0.4) is 0 Å². The average Bonchev–Trinajstić information content (AvgIpc) is 3.04. The van der Waals surface area contributed by atoms with Gasteiger partial charge in [0.05, 0.1) is 5.56 Å². The molecule has 1 aromatic carbocycles. The van der Waals surface area contributed by atoms with Crippen molar-refractivity contribution in [1.29, 1.82) is 0 Å². The Hall–Kier alpha value is -2.38. The van der Waals surface area contributed by atoms with Crippen LogP contribution in [-0.2, 0) is 0 Å². The van der Waals surface area contributed by atoms with E-state index < -0.39 is 0 Å². The van der Waals surface area contributed by atoms with Crippen LogP contribution >= 0.6 is 11.3 Å². The van der Waals surface area contributed by atoms with E-state index in [0.717, 1.165) is 18.8 Å². The van der Waals surface area contributed by atoms with Crippen molar-refractivity contribution in [2.24, 2.45) is 0 Å². The average molecular weight is 360 g/mol. The smallest absolute Gasteiger partial charge is 0.268 e. The van der Waals surface area contributed by atoms with Gasteiger partial charge in [-0.15, -0.1) is 11.3 Å². The first-order chi connectivity index (χ1) is 12.0. The monoisotopic (exact) mass is 360 g/mol. The van der Waals surface area contributed by atoms with E-state index in [1.807, 2.05) is 12.1 Å². The lowest BCUT2D eigenvalue weighted by Crippen LogP contribution is -2.36. The molecule has 2 rings (SSSR count). The molecule has 2 N–H and O–H groups in total. The molecule has 0 atom stereocenters. The van der Waals surface area contributed by atoms with Crippen molar-refractivity contribution in [3.8, 4) is 0 Å². The van der Waals surface area contributed by atoms with Crippen LogP contribution in [0.5, 0.6) is 0 Å². The molecule has 0 aliphatic heterocycles. The van der Waals surface area contributed by atoms with Gasteiger partial charge in [-0.2, -0.15) is 0 Å². The number of amides is 2. The van der Waals surface area contributed by atoms with Crippen molar-refractivity contribution >= 4 is 33.8 Å². The maximum absolute atomic E-state index is 12.5. The van der Waals surface area contributed by atoms with Gasteiger partial charge in [0, 0.05) is 38.4 Å². The number of hydrogen-bond donors (Lipinski definition) is 2. The normalized spacial score (nSPS) is 10.6.